The number of rotatable bonds is 1. The van der Waals surface area contributed by atoms with E-state index in [9.17, 15) is 35.1 Å². The van der Waals surface area contributed by atoms with Crippen LogP contribution in [0.15, 0.2) is 11.1 Å². The summed E-state index contributed by atoms with van der Waals surface area (Å²) in [4.78, 5) is 0. The molecule has 0 heterocycles. The third kappa shape index (κ3) is 10.2. The van der Waals surface area contributed by atoms with Gasteiger partial charge in [0.15, 0.2) is 4.74 Å². The molecule has 0 nitrogen and oxygen atoms in total. The fourth-order valence-electron chi connectivity index (χ4n) is 0.186. The highest BCUT2D eigenvalue weighted by Gasteiger charge is 2.55. The van der Waals surface area contributed by atoms with E-state index in [2.05, 4.69) is 27.5 Å². The maximum absolute atomic E-state index is 11.4. The van der Waals surface area contributed by atoms with Gasteiger partial charge in [-0.1, -0.05) is 0 Å². The van der Waals surface area contributed by atoms with Gasteiger partial charge in [0.2, 0.25) is 0 Å². The van der Waals surface area contributed by atoms with Crippen molar-refractivity contribution in [1.82, 2.24) is 0 Å². The normalized spacial score (nSPS) is 15.5. The average Bonchev–Trinajstić information content (AvgIpc) is 2.01. The molecule has 0 rings (SSSR count). The van der Waals surface area contributed by atoms with Gasteiger partial charge in [0.05, 0.1) is 0 Å². The molecule has 0 amide bonds. The van der Waals surface area contributed by atoms with Crippen molar-refractivity contribution in [1.29, 1.82) is 0 Å². The second-order valence-corrected chi connectivity index (χ2v) is 3.11. The molecule has 0 aliphatic heterocycles. The third-order valence-electron chi connectivity index (χ3n) is 0.657. The van der Waals surface area contributed by atoms with E-state index in [1.165, 1.54) is 0 Å². The van der Waals surface area contributed by atoms with Crippen LogP contribution in [0.2, 0.25) is 0 Å². The molecule has 0 N–H and O–H groups in total. The van der Waals surface area contributed by atoms with Crippen LogP contribution in [0, 0.1) is 0 Å². The molecule has 1 unspecified atom stereocenters. The molecule has 0 bridgehead atoms. The molecule has 0 aromatic heterocycles. The minimum Gasteiger partial charge on any atom is -0.229 e. The fourth-order valence-corrected chi connectivity index (χ4v) is 0.309. The largest absolute Gasteiger partial charge is 0.427 e. The summed E-state index contributed by atoms with van der Waals surface area (Å²) in [6.45, 7) is 0. The van der Waals surface area contributed by atoms with Gasteiger partial charge in [0.1, 0.15) is 6.33 Å². The van der Waals surface area contributed by atoms with E-state index in [4.69, 9.17) is 0 Å². The summed E-state index contributed by atoms with van der Waals surface area (Å²) in [6, 6.07) is 0. The summed E-state index contributed by atoms with van der Waals surface area (Å²) in [5.74, 6) is 0. The Morgan fingerprint density at radius 2 is 1.47 bits per heavy atom. The average molecular weight is 329 g/mol. The van der Waals surface area contributed by atoms with E-state index in [1.807, 2.05) is 0 Å². The van der Waals surface area contributed by atoms with Gasteiger partial charge in [-0.25, -0.2) is 8.78 Å². The lowest BCUT2D eigenvalue weighted by Crippen LogP contribution is -2.37. The van der Waals surface area contributed by atoms with Crippen LogP contribution in [0.4, 0.5) is 35.1 Å². The first kappa shape index (κ1) is 17.3. The summed E-state index contributed by atoms with van der Waals surface area (Å²) in [5.41, 5.74) is 0. The van der Waals surface area contributed by atoms with Crippen LogP contribution in [-0.4, -0.2) is 17.7 Å². The SMILES string of the molecule is F/C=C(\F)Br.FC(C(F)(F)F)C(F)(F)Cl. The smallest absolute Gasteiger partial charge is 0.229 e. The van der Waals surface area contributed by atoms with Gasteiger partial charge in [0.25, 0.3) is 6.17 Å². The van der Waals surface area contributed by atoms with Crippen molar-refractivity contribution in [2.24, 2.45) is 0 Å². The topological polar surface area (TPSA) is 0 Å². The zero-order chi connectivity index (χ0) is 12.9. The molecule has 10 heteroatoms. The Morgan fingerprint density at radius 3 is 1.47 bits per heavy atom. The number of halogens is 10. The highest BCUT2D eigenvalue weighted by atomic mass is 79.9. The highest BCUT2D eigenvalue weighted by molar-refractivity contribution is 9.11. The number of alkyl halides is 7. The molecule has 0 aromatic carbocycles. The molecule has 0 fully saturated rings. The summed E-state index contributed by atoms with van der Waals surface area (Å²) in [5, 5.41) is -4.88. The summed E-state index contributed by atoms with van der Waals surface area (Å²) in [6.07, 6.45) is -10.1. The van der Waals surface area contributed by atoms with E-state index < -0.39 is 22.5 Å². The molecule has 15 heavy (non-hydrogen) atoms. The molecule has 0 aliphatic rings. The van der Waals surface area contributed by atoms with Crippen molar-refractivity contribution in [3.63, 3.8) is 0 Å². The van der Waals surface area contributed by atoms with Crippen LogP contribution in [0.5, 0.6) is 0 Å². The van der Waals surface area contributed by atoms with Gasteiger partial charge in [-0.05, 0) is 27.5 Å². The predicted molar refractivity (Wildman–Crippen MR) is 41.0 cm³/mol. The van der Waals surface area contributed by atoms with E-state index in [-0.39, 0.29) is 6.33 Å². The molecular weight excluding hydrogens is 327 g/mol. The van der Waals surface area contributed by atoms with Gasteiger partial charge in [0, 0.05) is 0 Å². The molecule has 92 valence electrons. The zero-order valence-electron chi connectivity index (χ0n) is 6.43. The van der Waals surface area contributed by atoms with Crippen molar-refractivity contribution in [3.8, 4) is 0 Å². The van der Waals surface area contributed by atoms with Gasteiger partial charge in [-0.3, -0.25) is 0 Å². The Morgan fingerprint density at radius 1 is 1.20 bits per heavy atom. The monoisotopic (exact) mass is 328 g/mol. The van der Waals surface area contributed by atoms with E-state index in [0.717, 1.165) is 0 Å². The Bertz CT molecular complexity index is 188. The maximum atomic E-state index is 11.4. The zero-order valence-corrected chi connectivity index (χ0v) is 8.78. The Labute approximate surface area is 92.0 Å². The highest BCUT2D eigenvalue weighted by Crippen LogP contribution is 2.37. The van der Waals surface area contributed by atoms with E-state index >= 15 is 0 Å². The quantitative estimate of drug-likeness (QED) is 0.477. The Balaban J connectivity index is 0. The minimum atomic E-state index is -5.61. The molecular formula is C5H2BrClF8. The molecule has 0 spiro atoms. The molecule has 0 radical (unpaired) electrons. The Hall–Kier alpha value is -0.0500. The van der Waals surface area contributed by atoms with Gasteiger partial charge >= 0.3 is 11.6 Å². The van der Waals surface area contributed by atoms with Crippen molar-refractivity contribution < 1.29 is 35.1 Å². The van der Waals surface area contributed by atoms with Crippen LogP contribution in [0.3, 0.4) is 0 Å². The predicted octanol–water partition coefficient (Wildman–Crippen LogP) is 4.84. The minimum absolute atomic E-state index is 0.167. The van der Waals surface area contributed by atoms with Crippen molar-refractivity contribution >= 4 is 27.5 Å². The first-order chi connectivity index (χ1) is 6.42. The third-order valence-corrected chi connectivity index (χ3v) is 1.02. The van der Waals surface area contributed by atoms with Crippen molar-refractivity contribution in [2.45, 2.75) is 17.7 Å². The van der Waals surface area contributed by atoms with Crippen molar-refractivity contribution in [3.05, 3.63) is 11.1 Å². The van der Waals surface area contributed by atoms with Gasteiger partial charge in [-0.15, -0.1) is 0 Å². The van der Waals surface area contributed by atoms with Gasteiger partial charge < -0.3 is 0 Å². The lowest BCUT2D eigenvalue weighted by Gasteiger charge is -2.15. The van der Waals surface area contributed by atoms with Crippen LogP contribution in [0.25, 0.3) is 0 Å². The first-order valence-corrected chi connectivity index (χ1v) is 3.99. The molecule has 0 aromatic rings. The first-order valence-electron chi connectivity index (χ1n) is 2.81. The summed E-state index contributed by atoms with van der Waals surface area (Å²) < 4.78 is 87.4. The van der Waals surface area contributed by atoms with Crippen LogP contribution in [-0.2, 0) is 0 Å². The number of hydrogen-bond donors (Lipinski definition) is 0. The lowest BCUT2D eigenvalue weighted by atomic mass is 10.4. The van der Waals surface area contributed by atoms with E-state index in [0.29, 0.717) is 0 Å². The van der Waals surface area contributed by atoms with Crippen LogP contribution in [0.1, 0.15) is 0 Å². The lowest BCUT2D eigenvalue weighted by molar-refractivity contribution is -0.222. The van der Waals surface area contributed by atoms with Gasteiger partial charge in [-0.2, -0.15) is 26.3 Å². The van der Waals surface area contributed by atoms with Crippen LogP contribution >= 0.6 is 27.5 Å². The Kier molecular flexibility index (Phi) is 7.53. The second-order valence-electron chi connectivity index (χ2n) is 1.84. The van der Waals surface area contributed by atoms with Crippen LogP contribution < -0.4 is 0 Å². The summed E-state index contributed by atoms with van der Waals surface area (Å²) in [7, 11) is 0. The fraction of sp³-hybridized carbons (Fsp3) is 0.600. The molecule has 1 atom stereocenters. The molecule has 0 saturated carbocycles. The standard InChI is InChI=1S/C3HClF6.C2HBrF2/c4-2(6,7)1(5)3(8,9)10;3-2(5)1-4/h1H;1H/b;2-1-. The molecule has 0 saturated heterocycles. The second kappa shape index (κ2) is 6.51. The van der Waals surface area contributed by atoms with E-state index in [1.54, 1.807) is 0 Å². The maximum Gasteiger partial charge on any atom is 0.427 e. The number of hydrogen-bond acceptors (Lipinski definition) is 0. The molecule has 0 aliphatic carbocycles. The van der Waals surface area contributed by atoms with Crippen molar-refractivity contribution in [2.75, 3.05) is 0 Å². The summed E-state index contributed by atoms with van der Waals surface area (Å²) >= 11 is 5.93.